The summed E-state index contributed by atoms with van der Waals surface area (Å²) in [5.74, 6) is -0.0591. The molecule has 3 rings (SSSR count). The number of hydrogen-bond acceptors (Lipinski definition) is 5. The third-order valence-corrected chi connectivity index (χ3v) is 4.75. The van der Waals surface area contributed by atoms with Crippen LogP contribution in [0.3, 0.4) is 0 Å². The van der Waals surface area contributed by atoms with E-state index in [0.717, 1.165) is 10.9 Å². The second kappa shape index (κ2) is 9.00. The predicted octanol–water partition coefficient (Wildman–Crippen LogP) is 2.48. The van der Waals surface area contributed by atoms with E-state index in [0.29, 0.717) is 17.8 Å². The molecule has 0 saturated heterocycles. The van der Waals surface area contributed by atoms with Gasteiger partial charge in [0, 0.05) is 36.9 Å². The van der Waals surface area contributed by atoms with Gasteiger partial charge in [0.05, 0.1) is 18.0 Å². The summed E-state index contributed by atoms with van der Waals surface area (Å²) >= 11 is 1.36. The van der Waals surface area contributed by atoms with Crippen molar-refractivity contribution < 1.29 is 9.59 Å². The fourth-order valence-electron chi connectivity index (χ4n) is 2.30. The first-order chi connectivity index (χ1) is 13.1. The third kappa shape index (κ3) is 5.42. The van der Waals surface area contributed by atoms with Crippen molar-refractivity contribution in [2.75, 3.05) is 11.1 Å². The Morgan fingerprint density at radius 1 is 1.07 bits per heavy atom. The van der Waals surface area contributed by atoms with Crippen LogP contribution >= 0.6 is 11.8 Å². The van der Waals surface area contributed by atoms with Crippen molar-refractivity contribution in [3.63, 3.8) is 0 Å². The van der Waals surface area contributed by atoms with Crippen molar-refractivity contribution in [2.45, 2.75) is 11.7 Å². The number of hydrogen-bond donors (Lipinski definition) is 2. The van der Waals surface area contributed by atoms with Gasteiger partial charge in [0.2, 0.25) is 5.91 Å². The van der Waals surface area contributed by atoms with Crippen LogP contribution in [0.25, 0.3) is 0 Å². The van der Waals surface area contributed by atoms with E-state index in [2.05, 4.69) is 20.6 Å². The van der Waals surface area contributed by atoms with Crippen LogP contribution < -0.4 is 10.6 Å². The first kappa shape index (κ1) is 18.7. The molecule has 2 N–H and O–H groups in total. The van der Waals surface area contributed by atoms with Crippen LogP contribution in [0, 0.1) is 0 Å². The van der Waals surface area contributed by atoms with Crippen molar-refractivity contribution in [3.8, 4) is 0 Å². The zero-order valence-corrected chi connectivity index (χ0v) is 15.6. The topological polar surface area (TPSA) is 88.9 Å². The third-order valence-electron chi connectivity index (χ3n) is 3.70. The molecule has 0 aliphatic heterocycles. The lowest BCUT2D eigenvalue weighted by molar-refractivity contribution is -0.113. The van der Waals surface area contributed by atoms with E-state index in [1.807, 2.05) is 36.0 Å². The fraction of sp³-hybridized carbons (Fsp3) is 0.158. The molecular weight excluding hydrogens is 362 g/mol. The molecule has 0 bridgehead atoms. The summed E-state index contributed by atoms with van der Waals surface area (Å²) < 4.78 is 1.86. The molecule has 0 fully saturated rings. The Morgan fingerprint density at radius 2 is 1.89 bits per heavy atom. The number of imidazole rings is 1. The molecule has 3 aromatic rings. The Kier molecular flexibility index (Phi) is 6.22. The van der Waals surface area contributed by atoms with E-state index >= 15 is 0 Å². The van der Waals surface area contributed by atoms with Crippen LogP contribution in [0.15, 0.2) is 66.2 Å². The smallest absolute Gasteiger partial charge is 0.251 e. The van der Waals surface area contributed by atoms with E-state index in [4.69, 9.17) is 0 Å². The van der Waals surface area contributed by atoms with Crippen LogP contribution in [0.1, 0.15) is 16.1 Å². The van der Waals surface area contributed by atoms with Gasteiger partial charge in [-0.3, -0.25) is 14.6 Å². The zero-order chi connectivity index (χ0) is 19.1. The highest BCUT2D eigenvalue weighted by molar-refractivity contribution is 7.99. The summed E-state index contributed by atoms with van der Waals surface area (Å²) in [5.41, 5.74) is 1.95. The number of anilines is 1. The monoisotopic (exact) mass is 381 g/mol. The molecule has 0 radical (unpaired) electrons. The lowest BCUT2D eigenvalue weighted by Crippen LogP contribution is -2.23. The fourth-order valence-corrected chi connectivity index (χ4v) is 3.03. The van der Waals surface area contributed by atoms with Gasteiger partial charge < -0.3 is 15.2 Å². The number of pyridine rings is 1. The number of amides is 2. The summed E-state index contributed by atoms with van der Waals surface area (Å²) in [4.78, 5) is 32.5. The average molecular weight is 381 g/mol. The first-order valence-corrected chi connectivity index (χ1v) is 9.28. The summed E-state index contributed by atoms with van der Waals surface area (Å²) in [6.45, 7) is 0.364. The highest BCUT2D eigenvalue weighted by Gasteiger charge is 2.08. The van der Waals surface area contributed by atoms with E-state index < -0.39 is 0 Å². The number of carbonyl (C=O) groups is 2. The number of rotatable bonds is 7. The number of aryl methyl sites for hydroxylation is 1. The van der Waals surface area contributed by atoms with Crippen molar-refractivity contribution in [1.29, 1.82) is 0 Å². The van der Waals surface area contributed by atoms with E-state index in [9.17, 15) is 9.59 Å². The number of carbonyl (C=O) groups excluding carboxylic acids is 2. The van der Waals surface area contributed by atoms with E-state index in [-0.39, 0.29) is 17.6 Å². The van der Waals surface area contributed by atoms with Crippen molar-refractivity contribution >= 4 is 29.3 Å². The Labute approximate surface area is 161 Å². The van der Waals surface area contributed by atoms with Crippen molar-refractivity contribution in [1.82, 2.24) is 19.9 Å². The normalized spacial score (nSPS) is 10.4. The van der Waals surface area contributed by atoms with Gasteiger partial charge in [0.25, 0.3) is 5.91 Å². The van der Waals surface area contributed by atoms with Gasteiger partial charge in [0.15, 0.2) is 5.16 Å². The molecular formula is C19H19N5O2S. The standard InChI is InChI=1S/C19H19N5O2S/c1-24-11-10-21-19(24)27-13-17(25)23-15-7-5-14(6-8-15)18(26)22-12-16-4-2-3-9-20-16/h2-11H,12-13H2,1H3,(H,22,26)(H,23,25). The predicted molar refractivity (Wildman–Crippen MR) is 104 cm³/mol. The Morgan fingerprint density at radius 3 is 2.56 bits per heavy atom. The van der Waals surface area contributed by atoms with Crippen LogP contribution in [0.5, 0.6) is 0 Å². The molecule has 138 valence electrons. The quantitative estimate of drug-likeness (QED) is 0.614. The van der Waals surface area contributed by atoms with Gasteiger partial charge >= 0.3 is 0 Å². The van der Waals surface area contributed by atoms with Gasteiger partial charge in [-0.25, -0.2) is 4.98 Å². The molecule has 2 aromatic heterocycles. The van der Waals surface area contributed by atoms with Gasteiger partial charge in [-0.2, -0.15) is 0 Å². The molecule has 2 amide bonds. The Balaban J connectivity index is 1.48. The number of nitrogens with zero attached hydrogens (tertiary/aromatic N) is 3. The van der Waals surface area contributed by atoms with Crippen LogP contribution in [-0.4, -0.2) is 32.1 Å². The maximum Gasteiger partial charge on any atom is 0.251 e. The second-order valence-electron chi connectivity index (χ2n) is 5.74. The summed E-state index contributed by atoms with van der Waals surface area (Å²) in [5, 5.41) is 6.41. The molecule has 1 aromatic carbocycles. The van der Waals surface area contributed by atoms with Crippen LogP contribution in [-0.2, 0) is 18.4 Å². The maximum absolute atomic E-state index is 12.2. The Hall–Kier alpha value is -3.13. The maximum atomic E-state index is 12.2. The van der Waals surface area contributed by atoms with E-state index in [1.165, 1.54) is 11.8 Å². The molecule has 0 unspecified atom stereocenters. The summed E-state index contributed by atoms with van der Waals surface area (Å²) in [6.07, 6.45) is 5.21. The average Bonchev–Trinajstić information content (AvgIpc) is 3.11. The molecule has 0 aliphatic rings. The number of benzene rings is 1. The van der Waals surface area contributed by atoms with Crippen LogP contribution in [0.4, 0.5) is 5.69 Å². The van der Waals surface area contributed by atoms with Crippen molar-refractivity contribution in [3.05, 3.63) is 72.3 Å². The largest absolute Gasteiger partial charge is 0.346 e. The minimum atomic E-state index is -0.191. The van der Waals surface area contributed by atoms with E-state index in [1.54, 1.807) is 36.7 Å². The molecule has 27 heavy (non-hydrogen) atoms. The minimum Gasteiger partial charge on any atom is -0.346 e. The van der Waals surface area contributed by atoms with Gasteiger partial charge in [-0.15, -0.1) is 0 Å². The van der Waals surface area contributed by atoms with Crippen LogP contribution in [0.2, 0.25) is 0 Å². The molecule has 7 nitrogen and oxygen atoms in total. The molecule has 2 heterocycles. The molecule has 0 atom stereocenters. The zero-order valence-electron chi connectivity index (χ0n) is 14.8. The number of aromatic nitrogens is 3. The number of nitrogens with one attached hydrogen (secondary N) is 2. The lowest BCUT2D eigenvalue weighted by Gasteiger charge is -2.07. The van der Waals surface area contributed by atoms with Gasteiger partial charge in [0.1, 0.15) is 0 Å². The SMILES string of the molecule is Cn1ccnc1SCC(=O)Nc1ccc(C(=O)NCc2ccccn2)cc1. The van der Waals surface area contributed by atoms with Gasteiger partial charge in [-0.1, -0.05) is 17.8 Å². The summed E-state index contributed by atoms with van der Waals surface area (Å²) in [6, 6.07) is 12.3. The molecule has 0 spiro atoms. The Bertz CT molecular complexity index is 909. The molecule has 8 heteroatoms. The lowest BCUT2D eigenvalue weighted by atomic mass is 10.2. The second-order valence-corrected chi connectivity index (χ2v) is 6.68. The molecule has 0 aliphatic carbocycles. The summed E-state index contributed by atoms with van der Waals surface area (Å²) in [7, 11) is 1.88. The number of thioether (sulfide) groups is 1. The van der Waals surface area contributed by atoms with Crippen molar-refractivity contribution in [2.24, 2.45) is 7.05 Å². The van der Waals surface area contributed by atoms with Gasteiger partial charge in [-0.05, 0) is 36.4 Å². The highest BCUT2D eigenvalue weighted by atomic mass is 32.2. The minimum absolute atomic E-state index is 0.129. The highest BCUT2D eigenvalue weighted by Crippen LogP contribution is 2.15. The first-order valence-electron chi connectivity index (χ1n) is 8.30. The molecule has 0 saturated carbocycles.